The maximum atomic E-state index is 12.9. The van der Waals surface area contributed by atoms with Crippen molar-refractivity contribution in [1.82, 2.24) is 14.8 Å². The number of carbonyl (C=O) groups excluding carboxylic acids is 2. The Bertz CT molecular complexity index is 859. The summed E-state index contributed by atoms with van der Waals surface area (Å²) < 4.78 is 12.2. The zero-order valence-electron chi connectivity index (χ0n) is 16.3. The van der Waals surface area contributed by atoms with E-state index in [1.54, 1.807) is 50.0 Å². The van der Waals surface area contributed by atoms with E-state index in [2.05, 4.69) is 10.1 Å². The van der Waals surface area contributed by atoms with Crippen molar-refractivity contribution in [2.24, 2.45) is 0 Å². The van der Waals surface area contributed by atoms with Crippen molar-refractivity contribution in [3.05, 3.63) is 36.3 Å². The second kappa shape index (κ2) is 7.69. The molecule has 28 heavy (non-hydrogen) atoms. The number of rotatable bonds is 4. The van der Waals surface area contributed by atoms with E-state index >= 15 is 0 Å². The van der Waals surface area contributed by atoms with Gasteiger partial charge in [0.05, 0.1) is 25.0 Å². The van der Waals surface area contributed by atoms with Gasteiger partial charge in [-0.05, 0) is 39.8 Å². The predicted octanol–water partition coefficient (Wildman–Crippen LogP) is 1.01. The Morgan fingerprint density at radius 1 is 1.43 bits per heavy atom. The van der Waals surface area contributed by atoms with E-state index in [0.29, 0.717) is 5.82 Å². The normalized spacial score (nSPS) is 18.8. The maximum absolute atomic E-state index is 12.9. The zero-order valence-corrected chi connectivity index (χ0v) is 16.3. The fourth-order valence-electron chi connectivity index (χ4n) is 2.88. The molecule has 0 aromatic carbocycles. The summed E-state index contributed by atoms with van der Waals surface area (Å²) in [6.45, 7) is 7.33. The molecule has 0 spiro atoms. The number of ether oxygens (including phenoxy) is 2. The molecular weight excluding hydrogens is 364 g/mol. The fourth-order valence-corrected chi connectivity index (χ4v) is 2.88. The van der Waals surface area contributed by atoms with Gasteiger partial charge in [-0.25, -0.2) is 9.48 Å². The van der Waals surface area contributed by atoms with Gasteiger partial charge in [0.2, 0.25) is 0 Å². The van der Waals surface area contributed by atoms with E-state index < -0.39 is 29.7 Å². The van der Waals surface area contributed by atoms with Crippen LogP contribution in [0, 0.1) is 6.92 Å². The SMILES string of the molecule is Cc1cc(N2CCO[C@H]([C@@H](O)C(=O)OC(C)(C)C)C2=O)nn1-c1cccnc1. The molecule has 0 saturated carbocycles. The van der Waals surface area contributed by atoms with Gasteiger partial charge in [0.15, 0.2) is 18.0 Å². The van der Waals surface area contributed by atoms with Crippen LogP contribution in [0.2, 0.25) is 0 Å². The summed E-state index contributed by atoms with van der Waals surface area (Å²) in [5, 5.41) is 14.8. The van der Waals surface area contributed by atoms with Gasteiger partial charge in [-0.2, -0.15) is 0 Å². The van der Waals surface area contributed by atoms with Crippen LogP contribution in [0.4, 0.5) is 5.82 Å². The lowest BCUT2D eigenvalue weighted by Crippen LogP contribution is -2.55. The number of carbonyl (C=O) groups is 2. The number of morpholine rings is 1. The third-order valence-corrected chi connectivity index (χ3v) is 4.10. The van der Waals surface area contributed by atoms with E-state index in [-0.39, 0.29) is 13.2 Å². The molecule has 1 aliphatic rings. The summed E-state index contributed by atoms with van der Waals surface area (Å²) in [7, 11) is 0. The average molecular weight is 388 g/mol. The number of aromatic nitrogens is 3. The Morgan fingerprint density at radius 3 is 2.82 bits per heavy atom. The minimum Gasteiger partial charge on any atom is -0.458 e. The smallest absolute Gasteiger partial charge is 0.338 e. The second-order valence-electron chi connectivity index (χ2n) is 7.53. The van der Waals surface area contributed by atoms with Crippen molar-refractivity contribution >= 4 is 17.7 Å². The molecule has 1 amide bonds. The van der Waals surface area contributed by atoms with E-state index in [1.807, 2.05) is 13.0 Å². The number of hydrogen-bond acceptors (Lipinski definition) is 7. The maximum Gasteiger partial charge on any atom is 0.338 e. The Labute approximate surface area is 162 Å². The highest BCUT2D eigenvalue weighted by Crippen LogP contribution is 2.23. The minimum absolute atomic E-state index is 0.162. The first-order chi connectivity index (χ1) is 13.2. The zero-order chi connectivity index (χ0) is 20.5. The number of aliphatic hydroxyl groups excluding tert-OH is 1. The molecule has 3 heterocycles. The molecule has 2 aromatic heterocycles. The highest BCUT2D eigenvalue weighted by molar-refractivity contribution is 5.99. The molecule has 9 heteroatoms. The minimum atomic E-state index is -1.71. The van der Waals surface area contributed by atoms with E-state index in [1.165, 1.54) is 4.90 Å². The number of hydrogen-bond donors (Lipinski definition) is 1. The summed E-state index contributed by atoms with van der Waals surface area (Å²) >= 11 is 0. The lowest BCUT2D eigenvalue weighted by molar-refractivity contribution is -0.177. The Morgan fingerprint density at radius 2 is 2.18 bits per heavy atom. The molecule has 150 valence electrons. The summed E-state index contributed by atoms with van der Waals surface area (Å²) in [5.74, 6) is -1.03. The van der Waals surface area contributed by atoms with Gasteiger partial charge in [0.25, 0.3) is 5.91 Å². The van der Waals surface area contributed by atoms with Gasteiger partial charge in [-0.1, -0.05) is 0 Å². The van der Waals surface area contributed by atoms with Crippen LogP contribution in [0.3, 0.4) is 0 Å². The van der Waals surface area contributed by atoms with Gasteiger partial charge in [0.1, 0.15) is 5.60 Å². The Balaban J connectivity index is 1.80. The van der Waals surface area contributed by atoms with Gasteiger partial charge < -0.3 is 14.6 Å². The van der Waals surface area contributed by atoms with Crippen molar-refractivity contribution in [3.8, 4) is 5.69 Å². The van der Waals surface area contributed by atoms with Gasteiger partial charge in [-0.15, -0.1) is 5.10 Å². The Hall–Kier alpha value is -2.78. The van der Waals surface area contributed by atoms with Crippen molar-refractivity contribution < 1.29 is 24.2 Å². The van der Waals surface area contributed by atoms with Crippen LogP contribution in [0.1, 0.15) is 26.5 Å². The van der Waals surface area contributed by atoms with E-state index in [0.717, 1.165) is 11.4 Å². The fraction of sp³-hybridized carbons (Fsp3) is 0.474. The molecule has 0 unspecified atom stereocenters. The molecule has 9 nitrogen and oxygen atoms in total. The quantitative estimate of drug-likeness (QED) is 0.779. The van der Waals surface area contributed by atoms with Crippen molar-refractivity contribution in [2.45, 2.75) is 45.5 Å². The van der Waals surface area contributed by atoms with Crippen molar-refractivity contribution in [1.29, 1.82) is 0 Å². The van der Waals surface area contributed by atoms with E-state index in [4.69, 9.17) is 9.47 Å². The molecule has 1 N–H and O–H groups in total. The Kier molecular flexibility index (Phi) is 5.48. The molecule has 1 fully saturated rings. The highest BCUT2D eigenvalue weighted by atomic mass is 16.6. The van der Waals surface area contributed by atoms with Crippen LogP contribution < -0.4 is 4.90 Å². The van der Waals surface area contributed by atoms with Gasteiger partial charge in [-0.3, -0.25) is 14.7 Å². The monoisotopic (exact) mass is 388 g/mol. The van der Waals surface area contributed by atoms with Crippen molar-refractivity contribution in [3.63, 3.8) is 0 Å². The van der Waals surface area contributed by atoms with Crippen LogP contribution in [0.25, 0.3) is 5.69 Å². The lowest BCUT2D eigenvalue weighted by atomic mass is 10.1. The second-order valence-corrected chi connectivity index (χ2v) is 7.53. The number of aliphatic hydroxyl groups is 1. The number of esters is 1. The molecule has 2 aromatic rings. The summed E-state index contributed by atoms with van der Waals surface area (Å²) in [6.07, 6.45) is 0.278. The standard InChI is InChI=1S/C19H24N4O5/c1-12-10-14(21-23(12)13-6-5-7-20-11-13)22-8-9-27-16(17(22)25)15(24)18(26)28-19(2,3)4/h5-7,10-11,15-16,24H,8-9H2,1-4H3/t15-,16-/m1/s1. The molecule has 0 radical (unpaired) electrons. The van der Waals surface area contributed by atoms with Crippen molar-refractivity contribution in [2.75, 3.05) is 18.1 Å². The molecule has 3 rings (SSSR count). The van der Waals surface area contributed by atoms with Crippen LogP contribution in [0.5, 0.6) is 0 Å². The lowest BCUT2D eigenvalue weighted by Gasteiger charge is -2.33. The van der Waals surface area contributed by atoms with Crippen LogP contribution in [0.15, 0.2) is 30.6 Å². The number of anilines is 1. The first kappa shape index (κ1) is 20.0. The first-order valence-corrected chi connectivity index (χ1v) is 8.98. The third kappa shape index (κ3) is 4.20. The van der Waals surface area contributed by atoms with Gasteiger partial charge in [0, 0.05) is 18.0 Å². The molecule has 1 aliphatic heterocycles. The third-order valence-electron chi connectivity index (χ3n) is 4.10. The molecular formula is C19H24N4O5. The number of amides is 1. The van der Waals surface area contributed by atoms with E-state index in [9.17, 15) is 14.7 Å². The summed E-state index contributed by atoms with van der Waals surface area (Å²) in [6, 6.07) is 5.41. The van der Waals surface area contributed by atoms with Crippen LogP contribution in [-0.2, 0) is 19.1 Å². The molecule has 2 atom stereocenters. The number of pyridine rings is 1. The van der Waals surface area contributed by atoms with Crippen LogP contribution in [-0.4, -0.2) is 62.7 Å². The summed E-state index contributed by atoms with van der Waals surface area (Å²) in [5.41, 5.74) is 0.790. The molecule has 1 saturated heterocycles. The number of nitrogens with zero attached hydrogens (tertiary/aromatic N) is 4. The topological polar surface area (TPSA) is 107 Å². The van der Waals surface area contributed by atoms with Crippen LogP contribution >= 0.6 is 0 Å². The number of aryl methyl sites for hydroxylation is 1. The first-order valence-electron chi connectivity index (χ1n) is 8.98. The largest absolute Gasteiger partial charge is 0.458 e. The molecule has 0 aliphatic carbocycles. The summed E-state index contributed by atoms with van der Waals surface area (Å²) in [4.78, 5) is 30.5. The molecule has 0 bridgehead atoms. The predicted molar refractivity (Wildman–Crippen MR) is 100 cm³/mol. The van der Waals surface area contributed by atoms with Gasteiger partial charge >= 0.3 is 5.97 Å². The highest BCUT2D eigenvalue weighted by Gasteiger charge is 2.41. The average Bonchev–Trinajstić information content (AvgIpc) is 3.02.